The van der Waals surface area contributed by atoms with E-state index >= 15 is 0 Å². The van der Waals surface area contributed by atoms with Crippen molar-refractivity contribution in [2.24, 2.45) is 0 Å². The van der Waals surface area contributed by atoms with Crippen molar-refractivity contribution in [2.75, 3.05) is 53.9 Å². The second-order valence-electron chi connectivity index (χ2n) is 5.05. The van der Waals surface area contributed by atoms with Crippen LogP contribution < -0.4 is 5.32 Å². The van der Waals surface area contributed by atoms with Gasteiger partial charge in [-0.25, -0.2) is 0 Å². The van der Waals surface area contributed by atoms with Gasteiger partial charge in [-0.15, -0.1) is 0 Å². The van der Waals surface area contributed by atoms with Crippen LogP contribution in [0.5, 0.6) is 0 Å². The van der Waals surface area contributed by atoms with E-state index in [1.165, 1.54) is 0 Å². The van der Waals surface area contributed by atoms with Crippen molar-refractivity contribution in [1.29, 1.82) is 0 Å². The summed E-state index contributed by atoms with van der Waals surface area (Å²) in [4.78, 5) is 4.43. The van der Waals surface area contributed by atoms with Gasteiger partial charge in [-0.3, -0.25) is 0 Å². The van der Waals surface area contributed by atoms with Gasteiger partial charge in [-0.1, -0.05) is 0 Å². The smallest absolute Gasteiger partial charge is 0.0909 e. The molecule has 1 aliphatic heterocycles. The van der Waals surface area contributed by atoms with Crippen LogP contribution in [0.3, 0.4) is 0 Å². The van der Waals surface area contributed by atoms with Crippen LogP contribution in [0.2, 0.25) is 0 Å². The van der Waals surface area contributed by atoms with E-state index in [0.717, 1.165) is 45.6 Å². The van der Waals surface area contributed by atoms with Gasteiger partial charge in [-0.2, -0.15) is 0 Å². The van der Waals surface area contributed by atoms with Gasteiger partial charge in [0.05, 0.1) is 5.60 Å². The predicted molar refractivity (Wildman–Crippen MR) is 63.1 cm³/mol. The third-order valence-electron chi connectivity index (χ3n) is 2.93. The lowest BCUT2D eigenvalue weighted by Crippen LogP contribution is -2.43. The Morgan fingerprint density at radius 2 is 2.00 bits per heavy atom. The Hall–Kier alpha value is -0.160. The summed E-state index contributed by atoms with van der Waals surface area (Å²) < 4.78 is 0. The van der Waals surface area contributed by atoms with Gasteiger partial charge in [0, 0.05) is 13.1 Å². The van der Waals surface area contributed by atoms with E-state index in [9.17, 15) is 5.11 Å². The fourth-order valence-corrected chi connectivity index (χ4v) is 2.10. The molecule has 0 aliphatic carbocycles. The fourth-order valence-electron chi connectivity index (χ4n) is 2.10. The lowest BCUT2D eigenvalue weighted by atomic mass is 10.0. The number of likely N-dealkylation sites (N-methyl/N-ethyl adjacent to an activating group) is 1. The molecule has 1 saturated heterocycles. The Balaban J connectivity index is 2.14. The molecule has 1 unspecified atom stereocenters. The van der Waals surface area contributed by atoms with E-state index < -0.39 is 5.60 Å². The van der Waals surface area contributed by atoms with E-state index in [2.05, 4.69) is 36.3 Å². The quantitative estimate of drug-likeness (QED) is 0.632. The van der Waals surface area contributed by atoms with Crippen LogP contribution in [-0.4, -0.2) is 74.4 Å². The average Bonchev–Trinajstić information content (AvgIpc) is 2.50. The van der Waals surface area contributed by atoms with E-state index in [1.54, 1.807) is 0 Å². The van der Waals surface area contributed by atoms with Crippen molar-refractivity contribution in [1.82, 2.24) is 15.1 Å². The predicted octanol–water partition coefficient (Wildman–Crippen LogP) is -0.406. The Bertz CT molecular complexity index is 179. The zero-order valence-electron chi connectivity index (χ0n) is 10.3. The van der Waals surface area contributed by atoms with Crippen LogP contribution in [0.15, 0.2) is 0 Å². The topological polar surface area (TPSA) is 38.7 Å². The Morgan fingerprint density at radius 1 is 1.27 bits per heavy atom. The molecule has 1 atom stereocenters. The number of nitrogens with one attached hydrogen (secondary N) is 1. The fraction of sp³-hybridized carbons (Fsp3) is 1.00. The number of hydrogen-bond donors (Lipinski definition) is 2. The Labute approximate surface area is 93.2 Å². The van der Waals surface area contributed by atoms with Gasteiger partial charge in [-0.05, 0) is 53.6 Å². The Morgan fingerprint density at radius 3 is 2.53 bits per heavy atom. The highest BCUT2D eigenvalue weighted by molar-refractivity contribution is 4.89. The summed E-state index contributed by atoms with van der Waals surface area (Å²) in [6.45, 7) is 4.64. The molecular formula is C11H25N3O. The number of nitrogens with zero attached hydrogens (tertiary/aromatic N) is 2. The molecule has 0 amide bonds. The molecule has 4 heteroatoms. The number of hydrogen-bond acceptors (Lipinski definition) is 4. The lowest BCUT2D eigenvalue weighted by Gasteiger charge is -2.28. The maximum atomic E-state index is 10.2. The van der Waals surface area contributed by atoms with Crippen LogP contribution in [-0.2, 0) is 0 Å². The molecule has 0 aromatic rings. The summed E-state index contributed by atoms with van der Waals surface area (Å²) in [7, 11) is 6.27. The molecular weight excluding hydrogens is 190 g/mol. The zero-order chi connectivity index (χ0) is 11.3. The van der Waals surface area contributed by atoms with Gasteiger partial charge in [0.1, 0.15) is 0 Å². The van der Waals surface area contributed by atoms with Gasteiger partial charge >= 0.3 is 0 Å². The highest BCUT2D eigenvalue weighted by Crippen LogP contribution is 2.15. The minimum atomic E-state index is -0.493. The standard InChI is InChI=1S/C11H25N3O/c1-13(2)7-4-8-14(3)10-11(15)5-6-12-9-11/h12,15H,4-10H2,1-3H3. The lowest BCUT2D eigenvalue weighted by molar-refractivity contribution is 0.0278. The molecule has 1 fully saturated rings. The molecule has 0 bridgehead atoms. The minimum absolute atomic E-state index is 0.493. The summed E-state index contributed by atoms with van der Waals surface area (Å²) >= 11 is 0. The number of aliphatic hydroxyl groups is 1. The third-order valence-corrected chi connectivity index (χ3v) is 2.93. The molecule has 4 nitrogen and oxygen atoms in total. The van der Waals surface area contributed by atoms with Gasteiger partial charge in [0.25, 0.3) is 0 Å². The van der Waals surface area contributed by atoms with E-state index in [4.69, 9.17) is 0 Å². The summed E-state index contributed by atoms with van der Waals surface area (Å²) in [6.07, 6.45) is 2.04. The first-order chi connectivity index (χ1) is 7.02. The first-order valence-electron chi connectivity index (χ1n) is 5.78. The van der Waals surface area contributed by atoms with E-state index in [0.29, 0.717) is 0 Å². The van der Waals surface area contributed by atoms with E-state index in [1.807, 2.05) is 0 Å². The van der Waals surface area contributed by atoms with Crippen molar-refractivity contribution < 1.29 is 5.11 Å². The van der Waals surface area contributed by atoms with Crippen molar-refractivity contribution in [3.63, 3.8) is 0 Å². The molecule has 0 radical (unpaired) electrons. The molecule has 0 spiro atoms. The summed E-state index contributed by atoms with van der Waals surface area (Å²) in [6, 6.07) is 0. The second-order valence-corrected chi connectivity index (χ2v) is 5.05. The van der Waals surface area contributed by atoms with Gasteiger partial charge in [0.15, 0.2) is 0 Å². The summed E-state index contributed by atoms with van der Waals surface area (Å²) in [5.41, 5.74) is -0.493. The molecule has 0 aromatic heterocycles. The first-order valence-corrected chi connectivity index (χ1v) is 5.78. The summed E-state index contributed by atoms with van der Waals surface area (Å²) in [5.74, 6) is 0. The maximum Gasteiger partial charge on any atom is 0.0909 e. The monoisotopic (exact) mass is 215 g/mol. The van der Waals surface area contributed by atoms with Crippen molar-refractivity contribution in [3.8, 4) is 0 Å². The van der Waals surface area contributed by atoms with E-state index in [-0.39, 0.29) is 0 Å². The van der Waals surface area contributed by atoms with Crippen LogP contribution in [0, 0.1) is 0 Å². The largest absolute Gasteiger partial charge is 0.387 e. The van der Waals surface area contributed by atoms with Crippen LogP contribution in [0.25, 0.3) is 0 Å². The normalized spacial score (nSPS) is 26.8. The highest BCUT2D eigenvalue weighted by Gasteiger charge is 2.31. The van der Waals surface area contributed by atoms with Crippen LogP contribution in [0.1, 0.15) is 12.8 Å². The highest BCUT2D eigenvalue weighted by atomic mass is 16.3. The van der Waals surface area contributed by atoms with Crippen molar-refractivity contribution in [3.05, 3.63) is 0 Å². The Kier molecular flexibility index (Phi) is 4.99. The van der Waals surface area contributed by atoms with Crippen molar-refractivity contribution in [2.45, 2.75) is 18.4 Å². The molecule has 15 heavy (non-hydrogen) atoms. The van der Waals surface area contributed by atoms with Gasteiger partial charge < -0.3 is 20.2 Å². The molecule has 90 valence electrons. The molecule has 0 saturated carbocycles. The van der Waals surface area contributed by atoms with Crippen molar-refractivity contribution >= 4 is 0 Å². The molecule has 1 heterocycles. The first kappa shape index (κ1) is 12.9. The molecule has 1 aliphatic rings. The molecule has 0 aromatic carbocycles. The van der Waals surface area contributed by atoms with Crippen LogP contribution in [0.4, 0.5) is 0 Å². The summed E-state index contributed by atoms with van der Waals surface area (Å²) in [5, 5.41) is 13.4. The number of rotatable bonds is 6. The average molecular weight is 215 g/mol. The minimum Gasteiger partial charge on any atom is -0.387 e. The third kappa shape index (κ3) is 4.93. The van der Waals surface area contributed by atoms with Crippen LogP contribution >= 0.6 is 0 Å². The maximum absolute atomic E-state index is 10.2. The second kappa shape index (κ2) is 5.80. The number of β-amino-alcohol motifs (C(OH)–C–C–N with tert-alkyl or cyclic N) is 1. The molecule has 2 N–H and O–H groups in total. The zero-order valence-corrected chi connectivity index (χ0v) is 10.3. The van der Waals surface area contributed by atoms with Gasteiger partial charge in [0.2, 0.25) is 0 Å². The molecule has 1 rings (SSSR count). The SMILES string of the molecule is CN(C)CCCN(C)CC1(O)CCNC1.